The predicted octanol–water partition coefficient (Wildman–Crippen LogP) is 2.51. The summed E-state index contributed by atoms with van der Waals surface area (Å²) in [5.74, 6) is -1.16. The molecule has 0 spiro atoms. The third-order valence-electron chi connectivity index (χ3n) is 3.35. The van der Waals surface area contributed by atoms with Crippen LogP contribution in [0.1, 0.15) is 31.9 Å². The summed E-state index contributed by atoms with van der Waals surface area (Å²) >= 11 is 11.0. The maximum absolute atomic E-state index is 11.7. The van der Waals surface area contributed by atoms with Gasteiger partial charge in [0.05, 0.1) is 11.0 Å². The number of hydrogen-bond donors (Lipinski definition) is 2. The maximum Gasteiger partial charge on any atom is 0.306 e. The molecule has 0 aliphatic carbocycles. The van der Waals surface area contributed by atoms with Crippen LogP contribution >= 0.6 is 23.2 Å². The molecule has 1 rings (SSSR count). The van der Waals surface area contributed by atoms with Gasteiger partial charge in [-0.25, -0.2) is 0 Å². The second-order valence-corrected chi connectivity index (χ2v) is 7.09. The first-order valence-electron chi connectivity index (χ1n) is 7.78. The first-order valence-corrected chi connectivity index (χ1v) is 8.65. The Morgan fingerprint density at radius 3 is 2.31 bits per heavy atom. The first kappa shape index (κ1) is 22.1. The van der Waals surface area contributed by atoms with E-state index in [4.69, 9.17) is 27.9 Å². The third-order valence-corrected chi connectivity index (χ3v) is 3.75. The number of non-ortho nitro benzene ring substituents is 1. The van der Waals surface area contributed by atoms with E-state index in [9.17, 15) is 24.8 Å². The van der Waals surface area contributed by atoms with Gasteiger partial charge < -0.3 is 15.2 Å². The van der Waals surface area contributed by atoms with Gasteiger partial charge in [0.15, 0.2) is 4.84 Å². The van der Waals surface area contributed by atoms with E-state index >= 15 is 0 Å². The predicted molar refractivity (Wildman–Crippen MR) is 95.9 cm³/mol. The number of halogens is 2. The molecule has 1 aromatic rings. The quantitative estimate of drug-likeness (QED) is 0.281. The van der Waals surface area contributed by atoms with Crippen LogP contribution in [0, 0.1) is 16.0 Å². The Balaban J connectivity index is 2.89. The van der Waals surface area contributed by atoms with Crippen molar-refractivity contribution in [1.82, 2.24) is 5.32 Å². The van der Waals surface area contributed by atoms with E-state index in [1.54, 1.807) is 0 Å². The van der Waals surface area contributed by atoms with Gasteiger partial charge in [0, 0.05) is 18.6 Å². The van der Waals surface area contributed by atoms with E-state index in [-0.39, 0.29) is 24.6 Å². The van der Waals surface area contributed by atoms with Crippen LogP contribution in [0.5, 0.6) is 0 Å². The number of nitrogens with zero attached hydrogens (tertiary/aromatic N) is 1. The van der Waals surface area contributed by atoms with Crippen molar-refractivity contribution in [3.8, 4) is 0 Å². The summed E-state index contributed by atoms with van der Waals surface area (Å²) in [5.41, 5.74) is 0.146. The number of ether oxygens (including phenoxy) is 1. The molecule has 8 nitrogen and oxygen atoms in total. The highest BCUT2D eigenvalue weighted by Crippen LogP contribution is 2.21. The summed E-state index contributed by atoms with van der Waals surface area (Å²) < 4.78 is 5.09. The number of benzene rings is 1. The summed E-state index contributed by atoms with van der Waals surface area (Å²) in [4.78, 5) is 32.2. The van der Waals surface area contributed by atoms with Crippen molar-refractivity contribution >= 4 is 40.8 Å². The zero-order valence-corrected chi connectivity index (χ0v) is 15.7. The van der Waals surface area contributed by atoms with Gasteiger partial charge in [-0.2, -0.15) is 0 Å². The molecule has 2 N–H and O–H groups in total. The van der Waals surface area contributed by atoms with Crippen molar-refractivity contribution in [3.05, 3.63) is 39.9 Å². The highest BCUT2D eigenvalue weighted by molar-refractivity contribution is 6.53. The molecule has 10 heteroatoms. The van der Waals surface area contributed by atoms with Crippen LogP contribution < -0.4 is 5.32 Å². The van der Waals surface area contributed by atoms with Gasteiger partial charge >= 0.3 is 5.97 Å². The molecule has 144 valence electrons. The summed E-state index contributed by atoms with van der Waals surface area (Å²) in [6, 6.07) is 4.09. The maximum atomic E-state index is 11.7. The topological polar surface area (TPSA) is 119 Å². The average Bonchev–Trinajstić information content (AvgIpc) is 2.57. The zero-order valence-electron chi connectivity index (χ0n) is 14.2. The molecular formula is C16H20Cl2N2O6. The first-order chi connectivity index (χ1) is 12.1. The minimum atomic E-state index is -1.37. The van der Waals surface area contributed by atoms with Gasteiger partial charge in [-0.05, 0) is 23.6 Å². The molecule has 0 saturated carbocycles. The number of rotatable bonds is 9. The Labute approximate surface area is 160 Å². The van der Waals surface area contributed by atoms with Crippen LogP contribution in [-0.2, 0) is 14.3 Å². The highest BCUT2D eigenvalue weighted by Gasteiger charge is 2.27. The fourth-order valence-corrected chi connectivity index (χ4v) is 2.18. The van der Waals surface area contributed by atoms with Crippen molar-refractivity contribution in [3.63, 3.8) is 0 Å². The summed E-state index contributed by atoms with van der Waals surface area (Å²) in [7, 11) is 0. The van der Waals surface area contributed by atoms with Crippen molar-refractivity contribution in [1.29, 1.82) is 0 Å². The van der Waals surface area contributed by atoms with Crippen molar-refractivity contribution in [2.45, 2.75) is 37.3 Å². The molecule has 0 saturated heterocycles. The van der Waals surface area contributed by atoms with Gasteiger partial charge in [-0.1, -0.05) is 37.0 Å². The molecule has 2 atom stereocenters. The van der Waals surface area contributed by atoms with Crippen molar-refractivity contribution in [2.24, 2.45) is 5.92 Å². The number of nitro benzene ring substituents is 1. The smallest absolute Gasteiger partial charge is 0.306 e. The number of alkyl halides is 2. The number of amides is 1. The van der Waals surface area contributed by atoms with E-state index < -0.39 is 33.8 Å². The number of esters is 1. The average molecular weight is 407 g/mol. The minimum absolute atomic E-state index is 0.0881. The van der Waals surface area contributed by atoms with Crippen LogP contribution in [-0.4, -0.2) is 39.4 Å². The van der Waals surface area contributed by atoms with Gasteiger partial charge in [-0.3, -0.25) is 19.7 Å². The standard InChI is InChI=1S/C16H20Cl2N2O6/c1-9(2)7-13(21)26-8-12(19-16(23)15(17)18)14(22)10-3-5-11(6-4-10)20(24)25/h3-6,9,12,14-15,22H,7-8H2,1-2H3,(H,19,23)/t12-,14-/m1/s1. The van der Waals surface area contributed by atoms with E-state index in [1.807, 2.05) is 13.8 Å². The van der Waals surface area contributed by atoms with Gasteiger partial charge in [0.25, 0.3) is 11.6 Å². The summed E-state index contributed by atoms with van der Waals surface area (Å²) in [6.45, 7) is 3.38. The second kappa shape index (κ2) is 10.3. The lowest BCUT2D eigenvalue weighted by atomic mass is 10.0. The summed E-state index contributed by atoms with van der Waals surface area (Å²) in [5, 5.41) is 23.6. The molecule has 1 amide bonds. The van der Waals surface area contributed by atoms with Gasteiger partial charge in [0.1, 0.15) is 12.7 Å². The number of nitro groups is 1. The monoisotopic (exact) mass is 406 g/mol. The number of aliphatic hydroxyl groups excluding tert-OH is 1. The Morgan fingerprint density at radius 2 is 1.85 bits per heavy atom. The number of aliphatic hydroxyl groups is 1. The van der Waals surface area contributed by atoms with Gasteiger partial charge in [0.2, 0.25) is 0 Å². The van der Waals surface area contributed by atoms with E-state index in [0.29, 0.717) is 5.56 Å². The molecule has 0 aromatic heterocycles. The van der Waals surface area contributed by atoms with Crippen molar-refractivity contribution < 1.29 is 24.4 Å². The Kier molecular flexibility index (Phi) is 8.77. The number of carbonyl (C=O) groups is 2. The lowest BCUT2D eigenvalue weighted by Gasteiger charge is -2.24. The fraction of sp³-hybridized carbons (Fsp3) is 0.500. The largest absolute Gasteiger partial charge is 0.463 e. The number of hydrogen-bond acceptors (Lipinski definition) is 6. The molecule has 26 heavy (non-hydrogen) atoms. The van der Waals surface area contributed by atoms with Crippen LogP contribution in [0.2, 0.25) is 0 Å². The Bertz CT molecular complexity index is 636. The van der Waals surface area contributed by atoms with Crippen LogP contribution in [0.15, 0.2) is 24.3 Å². The SMILES string of the molecule is CC(C)CC(=O)OC[C@@H](NC(=O)C(Cl)Cl)[C@H](O)c1ccc([N+](=O)[O-])cc1. The number of nitrogens with one attached hydrogen (secondary N) is 1. The number of carbonyl (C=O) groups excluding carboxylic acids is 2. The van der Waals surface area contributed by atoms with E-state index in [1.165, 1.54) is 24.3 Å². The molecule has 0 aliphatic rings. The molecule has 0 aliphatic heterocycles. The molecular weight excluding hydrogens is 387 g/mol. The molecule has 0 bridgehead atoms. The molecule has 0 heterocycles. The van der Waals surface area contributed by atoms with Gasteiger partial charge in [-0.15, -0.1) is 0 Å². The van der Waals surface area contributed by atoms with E-state index in [2.05, 4.69) is 5.32 Å². The van der Waals surface area contributed by atoms with Crippen LogP contribution in [0.3, 0.4) is 0 Å². The summed E-state index contributed by atoms with van der Waals surface area (Å²) in [6.07, 6.45) is -1.11. The Hall–Kier alpha value is -1.90. The molecule has 0 fully saturated rings. The van der Waals surface area contributed by atoms with E-state index in [0.717, 1.165) is 0 Å². The van der Waals surface area contributed by atoms with Crippen LogP contribution in [0.4, 0.5) is 5.69 Å². The lowest BCUT2D eigenvalue weighted by molar-refractivity contribution is -0.384. The second-order valence-electron chi connectivity index (χ2n) is 5.99. The third kappa shape index (κ3) is 7.15. The van der Waals surface area contributed by atoms with Crippen molar-refractivity contribution in [2.75, 3.05) is 6.61 Å². The Morgan fingerprint density at radius 1 is 1.27 bits per heavy atom. The normalized spacial score (nSPS) is 13.3. The zero-order chi connectivity index (χ0) is 19.9. The fourth-order valence-electron chi connectivity index (χ4n) is 2.06. The minimum Gasteiger partial charge on any atom is -0.463 e. The highest BCUT2D eigenvalue weighted by atomic mass is 35.5. The molecule has 1 aromatic carbocycles. The molecule has 0 radical (unpaired) electrons. The molecule has 0 unspecified atom stereocenters. The van der Waals surface area contributed by atoms with Crippen LogP contribution in [0.25, 0.3) is 0 Å². The lowest BCUT2D eigenvalue weighted by Crippen LogP contribution is -2.45.